The Balaban J connectivity index is 1.91. The van der Waals surface area contributed by atoms with Crippen LogP contribution >= 0.6 is 0 Å². The van der Waals surface area contributed by atoms with Gasteiger partial charge in [0.15, 0.2) is 0 Å². The SMILES string of the molecule is CCCCCCOC(=O)C1(NC(=O)OC2CC(C)CCC2C(C)C)CCCC1. The fourth-order valence-corrected chi connectivity index (χ4v) is 4.80. The van der Waals surface area contributed by atoms with E-state index in [-0.39, 0.29) is 12.1 Å². The quantitative estimate of drug-likeness (QED) is 0.407. The van der Waals surface area contributed by atoms with Crippen molar-refractivity contribution in [2.24, 2.45) is 17.8 Å². The summed E-state index contributed by atoms with van der Waals surface area (Å²) in [5.41, 5.74) is -0.893. The highest BCUT2D eigenvalue weighted by Crippen LogP contribution is 2.36. The van der Waals surface area contributed by atoms with Gasteiger partial charge in [0.25, 0.3) is 0 Å². The van der Waals surface area contributed by atoms with Gasteiger partial charge in [-0.25, -0.2) is 9.59 Å². The molecule has 2 rings (SSSR count). The summed E-state index contributed by atoms with van der Waals surface area (Å²) < 4.78 is 11.4. The Kier molecular flexibility index (Phi) is 9.10. The van der Waals surface area contributed by atoms with E-state index in [1.165, 1.54) is 6.42 Å². The lowest BCUT2D eigenvalue weighted by molar-refractivity contribution is -0.151. The van der Waals surface area contributed by atoms with E-state index < -0.39 is 11.6 Å². The largest absolute Gasteiger partial charge is 0.464 e. The van der Waals surface area contributed by atoms with E-state index in [1.54, 1.807) is 0 Å². The van der Waals surface area contributed by atoms with E-state index >= 15 is 0 Å². The molecule has 28 heavy (non-hydrogen) atoms. The Bertz CT molecular complexity index is 499. The number of unbranched alkanes of at least 4 members (excludes halogenated alkanes) is 3. The van der Waals surface area contributed by atoms with Crippen molar-refractivity contribution in [3.63, 3.8) is 0 Å². The molecule has 2 aliphatic carbocycles. The van der Waals surface area contributed by atoms with Crippen LogP contribution < -0.4 is 5.32 Å². The van der Waals surface area contributed by atoms with E-state index in [1.807, 2.05) is 0 Å². The summed E-state index contributed by atoms with van der Waals surface area (Å²) in [6.45, 7) is 9.21. The van der Waals surface area contributed by atoms with Crippen LogP contribution in [0.5, 0.6) is 0 Å². The van der Waals surface area contributed by atoms with Crippen molar-refractivity contribution in [1.82, 2.24) is 5.32 Å². The standard InChI is InChI=1S/C23H41NO4/c1-5-6-7-10-15-27-21(25)23(13-8-9-14-23)24-22(26)28-20-16-18(4)11-12-19(20)17(2)3/h17-20H,5-16H2,1-4H3,(H,24,26). The van der Waals surface area contributed by atoms with Crippen LogP contribution in [-0.2, 0) is 14.3 Å². The molecule has 162 valence electrons. The summed E-state index contributed by atoms with van der Waals surface area (Å²) in [5, 5.41) is 2.93. The highest BCUT2D eigenvalue weighted by molar-refractivity contribution is 5.86. The molecule has 0 heterocycles. The van der Waals surface area contributed by atoms with Crippen molar-refractivity contribution in [3.8, 4) is 0 Å². The van der Waals surface area contributed by atoms with Gasteiger partial charge in [-0.3, -0.25) is 0 Å². The van der Waals surface area contributed by atoms with E-state index in [2.05, 4.69) is 33.0 Å². The first-order valence-corrected chi connectivity index (χ1v) is 11.5. The maximum absolute atomic E-state index is 12.8. The number of hydrogen-bond donors (Lipinski definition) is 1. The molecule has 0 spiro atoms. The summed E-state index contributed by atoms with van der Waals surface area (Å²) >= 11 is 0. The van der Waals surface area contributed by atoms with Crippen LogP contribution in [-0.4, -0.2) is 30.3 Å². The number of amides is 1. The normalized spacial score (nSPS) is 26.8. The first kappa shape index (κ1) is 23.0. The minimum Gasteiger partial charge on any atom is -0.464 e. The van der Waals surface area contributed by atoms with Gasteiger partial charge in [-0.15, -0.1) is 0 Å². The Morgan fingerprint density at radius 1 is 1.11 bits per heavy atom. The van der Waals surface area contributed by atoms with E-state index in [0.29, 0.717) is 37.2 Å². The summed E-state index contributed by atoms with van der Waals surface area (Å²) in [5.74, 6) is 1.17. The summed E-state index contributed by atoms with van der Waals surface area (Å²) in [6.07, 6.45) is 10.1. The van der Waals surface area contributed by atoms with Gasteiger partial charge >= 0.3 is 12.1 Å². The lowest BCUT2D eigenvalue weighted by atomic mass is 9.75. The third-order valence-corrected chi connectivity index (χ3v) is 6.64. The van der Waals surface area contributed by atoms with Gasteiger partial charge < -0.3 is 14.8 Å². The number of carbonyl (C=O) groups excluding carboxylic acids is 2. The van der Waals surface area contributed by atoms with Crippen molar-refractivity contribution < 1.29 is 19.1 Å². The van der Waals surface area contributed by atoms with Gasteiger partial charge in [0.2, 0.25) is 0 Å². The molecule has 0 radical (unpaired) electrons. The summed E-state index contributed by atoms with van der Waals surface area (Å²) in [6, 6.07) is 0. The maximum Gasteiger partial charge on any atom is 0.408 e. The van der Waals surface area contributed by atoms with Crippen LogP contribution in [0.4, 0.5) is 4.79 Å². The van der Waals surface area contributed by atoms with Gasteiger partial charge in [0, 0.05) is 0 Å². The Morgan fingerprint density at radius 3 is 2.46 bits per heavy atom. The zero-order valence-corrected chi connectivity index (χ0v) is 18.4. The molecule has 5 nitrogen and oxygen atoms in total. The number of alkyl carbamates (subject to hydrolysis) is 1. The van der Waals surface area contributed by atoms with E-state index in [4.69, 9.17) is 9.47 Å². The Labute approximate surface area is 171 Å². The zero-order chi connectivity index (χ0) is 20.6. The monoisotopic (exact) mass is 395 g/mol. The summed E-state index contributed by atoms with van der Waals surface area (Å²) in [4.78, 5) is 25.5. The number of hydrogen-bond acceptors (Lipinski definition) is 4. The molecule has 1 amide bonds. The summed E-state index contributed by atoms with van der Waals surface area (Å²) in [7, 11) is 0. The average Bonchev–Trinajstić information content (AvgIpc) is 3.10. The van der Waals surface area contributed by atoms with Crippen molar-refractivity contribution in [2.75, 3.05) is 6.61 Å². The van der Waals surface area contributed by atoms with E-state index in [0.717, 1.165) is 51.4 Å². The van der Waals surface area contributed by atoms with Crippen molar-refractivity contribution >= 4 is 12.1 Å². The molecule has 2 saturated carbocycles. The molecule has 3 atom stereocenters. The first-order valence-electron chi connectivity index (χ1n) is 11.5. The second-order valence-corrected chi connectivity index (χ2v) is 9.38. The predicted octanol–water partition coefficient (Wildman–Crippen LogP) is 5.61. The number of rotatable bonds is 9. The minimum absolute atomic E-state index is 0.0627. The Morgan fingerprint density at radius 2 is 1.82 bits per heavy atom. The highest BCUT2D eigenvalue weighted by Gasteiger charge is 2.45. The van der Waals surface area contributed by atoms with Crippen LogP contribution in [0.3, 0.4) is 0 Å². The van der Waals surface area contributed by atoms with Crippen LogP contribution in [0.15, 0.2) is 0 Å². The molecule has 0 aromatic rings. The molecule has 2 fully saturated rings. The van der Waals surface area contributed by atoms with Crippen LogP contribution in [0.25, 0.3) is 0 Å². The van der Waals surface area contributed by atoms with Crippen LogP contribution in [0.1, 0.15) is 98.3 Å². The molecule has 0 aliphatic heterocycles. The molecule has 3 unspecified atom stereocenters. The molecule has 0 aromatic heterocycles. The average molecular weight is 396 g/mol. The second kappa shape index (κ2) is 11.1. The van der Waals surface area contributed by atoms with Gasteiger partial charge in [0.05, 0.1) is 6.61 Å². The highest BCUT2D eigenvalue weighted by atomic mass is 16.6. The molecular formula is C23H41NO4. The number of nitrogens with one attached hydrogen (secondary N) is 1. The number of carbonyl (C=O) groups is 2. The van der Waals surface area contributed by atoms with Gasteiger partial charge in [-0.05, 0) is 49.9 Å². The van der Waals surface area contributed by atoms with Crippen LogP contribution in [0, 0.1) is 17.8 Å². The first-order chi connectivity index (χ1) is 13.4. The van der Waals surface area contributed by atoms with Crippen molar-refractivity contribution in [3.05, 3.63) is 0 Å². The van der Waals surface area contributed by atoms with Gasteiger partial charge in [-0.2, -0.15) is 0 Å². The van der Waals surface area contributed by atoms with Crippen molar-refractivity contribution in [1.29, 1.82) is 0 Å². The fraction of sp³-hybridized carbons (Fsp3) is 0.913. The number of esters is 1. The second-order valence-electron chi connectivity index (χ2n) is 9.38. The smallest absolute Gasteiger partial charge is 0.408 e. The van der Waals surface area contributed by atoms with Crippen molar-refractivity contribution in [2.45, 2.75) is 110 Å². The topological polar surface area (TPSA) is 64.6 Å². The number of ether oxygens (including phenoxy) is 2. The third-order valence-electron chi connectivity index (χ3n) is 6.64. The molecule has 1 N–H and O–H groups in total. The lowest BCUT2D eigenvalue weighted by Crippen LogP contribution is -2.54. The fourth-order valence-electron chi connectivity index (χ4n) is 4.80. The molecular weight excluding hydrogens is 354 g/mol. The lowest BCUT2D eigenvalue weighted by Gasteiger charge is -2.37. The van der Waals surface area contributed by atoms with Gasteiger partial charge in [0.1, 0.15) is 11.6 Å². The zero-order valence-electron chi connectivity index (χ0n) is 18.4. The molecule has 0 bridgehead atoms. The Hall–Kier alpha value is -1.26. The molecule has 0 saturated heterocycles. The molecule has 2 aliphatic rings. The van der Waals surface area contributed by atoms with E-state index in [9.17, 15) is 9.59 Å². The maximum atomic E-state index is 12.8. The molecule has 0 aromatic carbocycles. The van der Waals surface area contributed by atoms with Gasteiger partial charge in [-0.1, -0.05) is 66.2 Å². The third kappa shape index (κ3) is 6.38. The minimum atomic E-state index is -0.893. The molecule has 5 heteroatoms. The predicted molar refractivity (Wildman–Crippen MR) is 111 cm³/mol. The van der Waals surface area contributed by atoms with Crippen LogP contribution in [0.2, 0.25) is 0 Å².